The highest BCUT2D eigenvalue weighted by atomic mass is 16.5. The average Bonchev–Trinajstić information content (AvgIpc) is 2.66. The van der Waals surface area contributed by atoms with Crippen molar-refractivity contribution in [3.63, 3.8) is 0 Å². The highest BCUT2D eigenvalue weighted by Gasteiger charge is 2.36. The van der Waals surface area contributed by atoms with Gasteiger partial charge in [0.05, 0.1) is 18.6 Å². The van der Waals surface area contributed by atoms with Gasteiger partial charge in [0.15, 0.2) is 0 Å². The van der Waals surface area contributed by atoms with E-state index in [9.17, 15) is 14.4 Å². The molecule has 6 nitrogen and oxygen atoms in total. The van der Waals surface area contributed by atoms with E-state index in [0.717, 1.165) is 5.56 Å². The lowest BCUT2D eigenvalue weighted by Gasteiger charge is -2.38. The molecule has 1 aliphatic heterocycles. The second-order valence-electron chi connectivity index (χ2n) is 6.34. The summed E-state index contributed by atoms with van der Waals surface area (Å²) in [5.41, 5.74) is 7.84. The van der Waals surface area contributed by atoms with Gasteiger partial charge in [-0.25, -0.2) is 4.79 Å². The lowest BCUT2D eigenvalue weighted by atomic mass is 9.85. The number of nitrogens with two attached hydrogens (primary N) is 1. The molecule has 2 aromatic rings. The molecular weight excluding hydrogens is 332 g/mol. The minimum absolute atomic E-state index is 0.185. The Labute approximate surface area is 151 Å². The smallest absolute Gasteiger partial charge is 0.337 e. The molecular formula is C20H20N2O4. The van der Waals surface area contributed by atoms with Gasteiger partial charge in [-0.3, -0.25) is 9.59 Å². The third-order valence-corrected chi connectivity index (χ3v) is 4.70. The lowest BCUT2D eigenvalue weighted by molar-refractivity contribution is -0.119. The Morgan fingerprint density at radius 3 is 2.27 bits per heavy atom. The molecule has 0 bridgehead atoms. The maximum Gasteiger partial charge on any atom is 0.337 e. The van der Waals surface area contributed by atoms with Crippen LogP contribution in [0.25, 0.3) is 0 Å². The van der Waals surface area contributed by atoms with Gasteiger partial charge in [-0.1, -0.05) is 18.2 Å². The summed E-state index contributed by atoms with van der Waals surface area (Å²) in [6, 6.07) is 13.5. The van der Waals surface area contributed by atoms with Crippen LogP contribution < -0.4 is 10.6 Å². The van der Waals surface area contributed by atoms with Gasteiger partial charge >= 0.3 is 5.97 Å². The fraction of sp³-hybridized carbons (Fsp3) is 0.250. The number of para-hydroxylation sites is 1. The number of hydrogen-bond donors (Lipinski definition) is 1. The Balaban J connectivity index is 1.97. The van der Waals surface area contributed by atoms with Crippen molar-refractivity contribution in [3.05, 3.63) is 65.2 Å². The van der Waals surface area contributed by atoms with Crippen LogP contribution in [0, 0.1) is 0 Å². The first-order chi connectivity index (χ1) is 12.4. The number of anilines is 1. The SMILES string of the molecule is COC(=O)c1ccc(C(=O)N2c3ccccc3C(C(N)=O)CC2C)cc1. The number of esters is 1. The summed E-state index contributed by atoms with van der Waals surface area (Å²) in [7, 11) is 1.31. The quantitative estimate of drug-likeness (QED) is 0.860. The van der Waals surface area contributed by atoms with E-state index in [-0.39, 0.29) is 17.9 Å². The number of carbonyl (C=O) groups is 3. The van der Waals surface area contributed by atoms with Gasteiger partial charge in [0, 0.05) is 17.3 Å². The van der Waals surface area contributed by atoms with Gasteiger partial charge in [-0.15, -0.1) is 0 Å². The predicted molar refractivity (Wildman–Crippen MR) is 97.0 cm³/mol. The summed E-state index contributed by atoms with van der Waals surface area (Å²) in [5.74, 6) is -1.44. The van der Waals surface area contributed by atoms with E-state index in [0.29, 0.717) is 23.2 Å². The van der Waals surface area contributed by atoms with Crippen molar-refractivity contribution in [1.82, 2.24) is 0 Å². The third kappa shape index (κ3) is 3.06. The average molecular weight is 352 g/mol. The number of nitrogens with zero attached hydrogens (tertiary/aromatic N) is 1. The molecule has 0 saturated carbocycles. The van der Waals surface area contributed by atoms with E-state index in [1.165, 1.54) is 7.11 Å². The predicted octanol–water partition coefficient (Wildman–Crippen LogP) is 2.48. The van der Waals surface area contributed by atoms with Crippen molar-refractivity contribution in [2.75, 3.05) is 12.0 Å². The standard InChI is InChI=1S/C20H20N2O4/c1-12-11-16(18(21)23)15-5-3-4-6-17(15)22(12)19(24)13-7-9-14(10-8-13)20(25)26-2/h3-10,12,16H,11H2,1-2H3,(H2,21,23). The summed E-state index contributed by atoms with van der Waals surface area (Å²) < 4.78 is 4.67. The van der Waals surface area contributed by atoms with Crippen molar-refractivity contribution >= 4 is 23.5 Å². The Morgan fingerprint density at radius 2 is 1.65 bits per heavy atom. The van der Waals surface area contributed by atoms with Gasteiger partial charge in [-0.05, 0) is 49.2 Å². The van der Waals surface area contributed by atoms with Gasteiger partial charge in [0.2, 0.25) is 5.91 Å². The third-order valence-electron chi connectivity index (χ3n) is 4.70. The maximum atomic E-state index is 13.1. The zero-order chi connectivity index (χ0) is 18.8. The number of carbonyl (C=O) groups excluding carboxylic acids is 3. The molecule has 0 spiro atoms. The summed E-state index contributed by atoms with van der Waals surface area (Å²) in [6.07, 6.45) is 0.471. The molecule has 0 aromatic heterocycles. The molecule has 2 atom stereocenters. The Hall–Kier alpha value is -3.15. The van der Waals surface area contributed by atoms with Gasteiger partial charge in [0.25, 0.3) is 5.91 Å². The van der Waals surface area contributed by atoms with E-state index in [4.69, 9.17) is 5.73 Å². The van der Waals surface area contributed by atoms with Crippen molar-refractivity contribution in [1.29, 1.82) is 0 Å². The van der Waals surface area contributed by atoms with E-state index in [2.05, 4.69) is 4.74 Å². The molecule has 134 valence electrons. The van der Waals surface area contributed by atoms with Gasteiger partial charge in [0.1, 0.15) is 0 Å². The minimum atomic E-state index is -0.454. The van der Waals surface area contributed by atoms with Crippen LogP contribution in [-0.2, 0) is 9.53 Å². The van der Waals surface area contributed by atoms with Crippen molar-refractivity contribution < 1.29 is 19.1 Å². The summed E-state index contributed by atoms with van der Waals surface area (Å²) >= 11 is 0. The monoisotopic (exact) mass is 352 g/mol. The molecule has 2 N–H and O–H groups in total. The highest BCUT2D eigenvalue weighted by Crippen LogP contribution is 2.38. The highest BCUT2D eigenvalue weighted by molar-refractivity contribution is 6.08. The summed E-state index contributed by atoms with van der Waals surface area (Å²) in [6.45, 7) is 1.90. The zero-order valence-corrected chi connectivity index (χ0v) is 14.6. The Kier molecular flexibility index (Phi) is 4.75. The van der Waals surface area contributed by atoms with Gasteiger partial charge in [-0.2, -0.15) is 0 Å². The molecule has 0 radical (unpaired) electrons. The van der Waals surface area contributed by atoms with Crippen LogP contribution in [-0.4, -0.2) is 30.9 Å². The molecule has 6 heteroatoms. The first-order valence-corrected chi connectivity index (χ1v) is 8.34. The van der Waals surface area contributed by atoms with Crippen LogP contribution in [0.3, 0.4) is 0 Å². The second-order valence-corrected chi connectivity index (χ2v) is 6.34. The first kappa shape index (κ1) is 17.7. The number of benzene rings is 2. The van der Waals surface area contributed by atoms with Crippen molar-refractivity contribution in [3.8, 4) is 0 Å². The minimum Gasteiger partial charge on any atom is -0.465 e. The number of amides is 2. The number of ether oxygens (including phenoxy) is 1. The molecule has 0 fully saturated rings. The largest absolute Gasteiger partial charge is 0.465 e. The molecule has 1 aliphatic rings. The van der Waals surface area contributed by atoms with Crippen LogP contribution in [0.4, 0.5) is 5.69 Å². The van der Waals surface area contributed by atoms with Crippen LogP contribution in [0.5, 0.6) is 0 Å². The fourth-order valence-corrected chi connectivity index (χ4v) is 3.40. The topological polar surface area (TPSA) is 89.7 Å². The van der Waals surface area contributed by atoms with Crippen LogP contribution >= 0.6 is 0 Å². The number of rotatable bonds is 3. The van der Waals surface area contributed by atoms with Crippen LogP contribution in [0.2, 0.25) is 0 Å². The number of primary amides is 1. The van der Waals surface area contributed by atoms with E-state index in [1.807, 2.05) is 31.2 Å². The van der Waals surface area contributed by atoms with E-state index in [1.54, 1.807) is 29.2 Å². The van der Waals surface area contributed by atoms with E-state index < -0.39 is 11.9 Å². The molecule has 0 saturated heterocycles. The first-order valence-electron chi connectivity index (χ1n) is 8.34. The molecule has 0 aliphatic carbocycles. The van der Waals surface area contributed by atoms with Crippen LogP contribution in [0.1, 0.15) is 45.5 Å². The number of hydrogen-bond acceptors (Lipinski definition) is 4. The summed E-state index contributed by atoms with van der Waals surface area (Å²) in [4.78, 5) is 38.1. The zero-order valence-electron chi connectivity index (χ0n) is 14.6. The number of fused-ring (bicyclic) bond motifs is 1. The summed E-state index contributed by atoms with van der Waals surface area (Å²) in [5, 5.41) is 0. The molecule has 1 heterocycles. The van der Waals surface area contributed by atoms with Crippen molar-refractivity contribution in [2.45, 2.75) is 25.3 Å². The molecule has 26 heavy (non-hydrogen) atoms. The molecule has 2 unspecified atom stereocenters. The number of methoxy groups -OCH3 is 1. The normalized spacial score (nSPS) is 18.8. The van der Waals surface area contributed by atoms with Crippen LogP contribution in [0.15, 0.2) is 48.5 Å². The van der Waals surface area contributed by atoms with E-state index >= 15 is 0 Å². The molecule has 2 amide bonds. The van der Waals surface area contributed by atoms with Gasteiger partial charge < -0.3 is 15.4 Å². The Morgan fingerprint density at radius 1 is 1.04 bits per heavy atom. The fourth-order valence-electron chi connectivity index (χ4n) is 3.40. The van der Waals surface area contributed by atoms with Crippen molar-refractivity contribution in [2.24, 2.45) is 5.73 Å². The molecule has 3 rings (SSSR count). The second kappa shape index (κ2) is 7.00. The lowest BCUT2D eigenvalue weighted by Crippen LogP contribution is -2.45. The Bertz CT molecular complexity index is 860. The maximum absolute atomic E-state index is 13.1. The molecule has 2 aromatic carbocycles.